The van der Waals surface area contributed by atoms with Gasteiger partial charge in [-0.15, -0.1) is 10.2 Å². The Labute approximate surface area is 112 Å². The highest BCUT2D eigenvalue weighted by Gasteiger charge is 2.11. The van der Waals surface area contributed by atoms with Gasteiger partial charge < -0.3 is 11.1 Å². The lowest BCUT2D eigenvalue weighted by Gasteiger charge is -2.06. The molecule has 1 heterocycles. The third-order valence-corrected chi connectivity index (χ3v) is 2.93. The van der Waals surface area contributed by atoms with Crippen molar-refractivity contribution in [2.24, 2.45) is 0 Å². The number of nitrogen functional groups attached to an aromatic ring is 1. The minimum Gasteiger partial charge on any atom is -0.397 e. The highest BCUT2D eigenvalue weighted by Crippen LogP contribution is 2.29. The van der Waals surface area contributed by atoms with Crippen LogP contribution in [0.15, 0.2) is 12.1 Å². The number of tetrazole rings is 1. The molecule has 0 unspecified atom stereocenters. The zero-order valence-corrected chi connectivity index (χ0v) is 10.5. The van der Waals surface area contributed by atoms with E-state index in [0.717, 1.165) is 0 Å². The minimum atomic E-state index is -0.356. The highest BCUT2D eigenvalue weighted by molar-refractivity contribution is 6.43. The molecule has 0 fully saturated rings. The second-order valence-corrected chi connectivity index (χ2v) is 4.16. The minimum absolute atomic E-state index is 0.148. The Balaban J connectivity index is 2.09. The zero-order chi connectivity index (χ0) is 13.1. The van der Waals surface area contributed by atoms with Crippen molar-refractivity contribution >= 4 is 34.8 Å². The number of rotatable bonds is 3. The zero-order valence-electron chi connectivity index (χ0n) is 8.94. The lowest BCUT2D eigenvalue weighted by molar-refractivity contribution is 0.0950. The van der Waals surface area contributed by atoms with Crippen molar-refractivity contribution in [2.45, 2.75) is 6.54 Å². The van der Waals surface area contributed by atoms with Crippen LogP contribution in [0.5, 0.6) is 0 Å². The molecule has 0 bridgehead atoms. The first kappa shape index (κ1) is 12.6. The average Bonchev–Trinajstić information content (AvgIpc) is 2.85. The van der Waals surface area contributed by atoms with Crippen LogP contribution in [0.25, 0.3) is 0 Å². The number of anilines is 1. The first-order valence-electron chi connectivity index (χ1n) is 4.83. The van der Waals surface area contributed by atoms with Gasteiger partial charge in [-0.05, 0) is 12.1 Å². The lowest BCUT2D eigenvalue weighted by Crippen LogP contribution is -2.23. The van der Waals surface area contributed by atoms with Crippen LogP contribution >= 0.6 is 23.2 Å². The lowest BCUT2D eigenvalue weighted by atomic mass is 10.2. The summed E-state index contributed by atoms with van der Waals surface area (Å²) in [5.74, 6) is 0.0152. The van der Waals surface area contributed by atoms with Crippen LogP contribution < -0.4 is 11.1 Å². The van der Waals surface area contributed by atoms with Crippen LogP contribution in [0.2, 0.25) is 10.0 Å². The Morgan fingerprint density at radius 2 is 2.22 bits per heavy atom. The Morgan fingerprint density at radius 3 is 2.83 bits per heavy atom. The molecule has 0 aliphatic heterocycles. The maximum atomic E-state index is 11.8. The van der Waals surface area contributed by atoms with E-state index in [-0.39, 0.29) is 28.2 Å². The van der Waals surface area contributed by atoms with E-state index in [1.165, 1.54) is 12.1 Å². The SMILES string of the molecule is Nc1cc(C(=O)NCc2nn[nH]n2)cc(Cl)c1Cl. The molecule has 1 aromatic carbocycles. The van der Waals surface area contributed by atoms with E-state index < -0.39 is 0 Å². The third-order valence-electron chi connectivity index (χ3n) is 2.11. The van der Waals surface area contributed by atoms with Gasteiger partial charge in [-0.1, -0.05) is 28.4 Å². The number of benzene rings is 1. The number of halogens is 2. The Hall–Kier alpha value is -1.86. The van der Waals surface area contributed by atoms with E-state index in [0.29, 0.717) is 11.4 Å². The molecule has 0 spiro atoms. The molecule has 0 radical (unpaired) electrons. The molecule has 18 heavy (non-hydrogen) atoms. The average molecular weight is 287 g/mol. The number of hydrogen-bond acceptors (Lipinski definition) is 5. The van der Waals surface area contributed by atoms with Crippen LogP contribution in [-0.4, -0.2) is 26.5 Å². The molecule has 9 heteroatoms. The number of hydrogen-bond donors (Lipinski definition) is 3. The van der Waals surface area contributed by atoms with Gasteiger partial charge in [0.15, 0.2) is 5.82 Å². The summed E-state index contributed by atoms with van der Waals surface area (Å²) in [5.41, 5.74) is 6.17. The number of aromatic amines is 1. The first-order chi connectivity index (χ1) is 8.58. The topological polar surface area (TPSA) is 110 Å². The molecule has 0 saturated heterocycles. The van der Waals surface area contributed by atoms with Crippen molar-refractivity contribution in [3.63, 3.8) is 0 Å². The van der Waals surface area contributed by atoms with Gasteiger partial charge in [0.1, 0.15) is 0 Å². The second kappa shape index (κ2) is 5.19. The largest absolute Gasteiger partial charge is 0.397 e. The van der Waals surface area contributed by atoms with Crippen molar-refractivity contribution in [1.29, 1.82) is 0 Å². The first-order valence-corrected chi connectivity index (χ1v) is 5.58. The summed E-state index contributed by atoms with van der Waals surface area (Å²) >= 11 is 11.6. The molecule has 2 rings (SSSR count). The van der Waals surface area contributed by atoms with Crippen molar-refractivity contribution in [3.05, 3.63) is 33.6 Å². The fourth-order valence-corrected chi connectivity index (χ4v) is 1.60. The fraction of sp³-hybridized carbons (Fsp3) is 0.111. The molecule has 0 atom stereocenters. The summed E-state index contributed by atoms with van der Waals surface area (Å²) in [5, 5.41) is 16.1. The maximum Gasteiger partial charge on any atom is 0.251 e. The van der Waals surface area contributed by atoms with Gasteiger partial charge in [-0.25, -0.2) is 0 Å². The summed E-state index contributed by atoms with van der Waals surface area (Å²) in [6, 6.07) is 2.88. The number of carbonyl (C=O) groups is 1. The van der Waals surface area contributed by atoms with Gasteiger partial charge in [0.05, 0.1) is 22.3 Å². The van der Waals surface area contributed by atoms with E-state index in [2.05, 4.69) is 25.9 Å². The van der Waals surface area contributed by atoms with Crippen LogP contribution in [0, 0.1) is 0 Å². The van der Waals surface area contributed by atoms with Crippen LogP contribution in [0.3, 0.4) is 0 Å². The van der Waals surface area contributed by atoms with Crippen molar-refractivity contribution in [3.8, 4) is 0 Å². The standard InChI is InChI=1S/C9H8Cl2N6O/c10-5-1-4(2-6(12)8(5)11)9(18)13-3-7-14-16-17-15-7/h1-2H,3,12H2,(H,13,18)(H,14,15,16,17). The van der Waals surface area contributed by atoms with E-state index in [9.17, 15) is 4.79 Å². The number of amides is 1. The molecule has 1 amide bonds. The molecular weight excluding hydrogens is 279 g/mol. The van der Waals surface area contributed by atoms with Gasteiger partial charge in [-0.3, -0.25) is 4.79 Å². The Bertz CT molecular complexity index is 547. The smallest absolute Gasteiger partial charge is 0.251 e. The Kier molecular flexibility index (Phi) is 3.63. The second-order valence-electron chi connectivity index (χ2n) is 3.37. The predicted octanol–water partition coefficient (Wildman–Crippen LogP) is 1.02. The number of carbonyl (C=O) groups excluding carboxylic acids is 1. The molecule has 94 valence electrons. The Morgan fingerprint density at radius 1 is 1.44 bits per heavy atom. The third kappa shape index (κ3) is 2.69. The highest BCUT2D eigenvalue weighted by atomic mass is 35.5. The molecule has 4 N–H and O–H groups in total. The fourth-order valence-electron chi connectivity index (χ4n) is 1.26. The maximum absolute atomic E-state index is 11.8. The van der Waals surface area contributed by atoms with Crippen LogP contribution in [-0.2, 0) is 6.54 Å². The summed E-state index contributed by atoms with van der Waals surface area (Å²) < 4.78 is 0. The van der Waals surface area contributed by atoms with E-state index in [4.69, 9.17) is 28.9 Å². The van der Waals surface area contributed by atoms with E-state index in [1.807, 2.05) is 0 Å². The van der Waals surface area contributed by atoms with Gasteiger partial charge in [0.2, 0.25) is 0 Å². The molecule has 1 aromatic heterocycles. The monoisotopic (exact) mass is 286 g/mol. The molecule has 0 aliphatic carbocycles. The predicted molar refractivity (Wildman–Crippen MR) is 66.2 cm³/mol. The van der Waals surface area contributed by atoms with Crippen LogP contribution in [0.4, 0.5) is 5.69 Å². The van der Waals surface area contributed by atoms with Gasteiger partial charge in [-0.2, -0.15) is 5.21 Å². The van der Waals surface area contributed by atoms with Crippen molar-refractivity contribution in [2.75, 3.05) is 5.73 Å². The molecular formula is C9H8Cl2N6O. The quantitative estimate of drug-likeness (QED) is 0.730. The number of nitrogens with two attached hydrogens (primary N) is 1. The van der Waals surface area contributed by atoms with Gasteiger partial charge in [0, 0.05) is 5.56 Å². The van der Waals surface area contributed by atoms with Crippen molar-refractivity contribution < 1.29 is 4.79 Å². The van der Waals surface area contributed by atoms with Crippen molar-refractivity contribution in [1.82, 2.24) is 25.9 Å². The number of nitrogens with zero attached hydrogens (tertiary/aromatic N) is 3. The molecule has 0 aliphatic rings. The van der Waals surface area contributed by atoms with E-state index >= 15 is 0 Å². The number of aromatic nitrogens is 4. The molecule has 2 aromatic rings. The summed E-state index contributed by atoms with van der Waals surface area (Å²) in [6.07, 6.45) is 0. The summed E-state index contributed by atoms with van der Waals surface area (Å²) in [4.78, 5) is 11.8. The summed E-state index contributed by atoms with van der Waals surface area (Å²) in [6.45, 7) is 0.148. The van der Waals surface area contributed by atoms with Crippen LogP contribution in [0.1, 0.15) is 16.2 Å². The van der Waals surface area contributed by atoms with Gasteiger partial charge in [0.25, 0.3) is 5.91 Å². The normalized spacial score (nSPS) is 10.3. The molecule has 7 nitrogen and oxygen atoms in total. The summed E-state index contributed by atoms with van der Waals surface area (Å²) in [7, 11) is 0. The number of nitrogens with one attached hydrogen (secondary N) is 2. The molecule has 0 saturated carbocycles. The van der Waals surface area contributed by atoms with Gasteiger partial charge >= 0.3 is 0 Å². The van der Waals surface area contributed by atoms with E-state index in [1.54, 1.807) is 0 Å². The number of H-pyrrole nitrogens is 1.